The van der Waals surface area contributed by atoms with Crippen LogP contribution in [0.5, 0.6) is 0 Å². The standard InChI is InChI=1S/3C7H6O2.C5H5N/c3*8-7(9)6-4-2-1-3-5-6;1-2-4-6-5-3-1/h3*1-5H,(H,8,9);1-5H. The van der Waals surface area contributed by atoms with Gasteiger partial charge in [-0.25, -0.2) is 14.4 Å². The van der Waals surface area contributed by atoms with Crippen LogP contribution in [0.1, 0.15) is 31.1 Å². The van der Waals surface area contributed by atoms with Crippen molar-refractivity contribution >= 4 is 17.9 Å². The maximum Gasteiger partial charge on any atom is 0.335 e. The van der Waals surface area contributed by atoms with Crippen molar-refractivity contribution in [3.8, 4) is 0 Å². The molecule has 0 saturated carbocycles. The highest BCUT2D eigenvalue weighted by atomic mass is 16.4. The molecule has 4 aromatic rings. The first-order chi connectivity index (χ1) is 15.9. The second-order valence-electron chi connectivity index (χ2n) is 6.04. The number of hydrogen-bond donors (Lipinski definition) is 3. The predicted molar refractivity (Wildman–Crippen MR) is 124 cm³/mol. The SMILES string of the molecule is O=C(O)c1ccccc1.O=C(O)c1ccccc1.O=C(O)c1ccccc1.c1ccncc1. The summed E-state index contributed by atoms with van der Waals surface area (Å²) in [4.78, 5) is 34.4. The lowest BCUT2D eigenvalue weighted by Crippen LogP contribution is -1.93. The first-order valence-corrected chi connectivity index (χ1v) is 9.61. The van der Waals surface area contributed by atoms with Crippen LogP contribution in [0.25, 0.3) is 0 Å². The second-order valence-corrected chi connectivity index (χ2v) is 6.04. The van der Waals surface area contributed by atoms with Crippen LogP contribution in [0.4, 0.5) is 0 Å². The number of aromatic nitrogens is 1. The third-order valence-corrected chi connectivity index (χ3v) is 3.63. The summed E-state index contributed by atoms with van der Waals surface area (Å²) in [7, 11) is 0. The van der Waals surface area contributed by atoms with Crippen LogP contribution in [-0.4, -0.2) is 38.2 Å². The molecule has 7 nitrogen and oxygen atoms in total. The molecule has 0 atom stereocenters. The highest BCUT2D eigenvalue weighted by Gasteiger charge is 1.98. The van der Waals surface area contributed by atoms with Gasteiger partial charge in [-0.15, -0.1) is 0 Å². The van der Waals surface area contributed by atoms with Crippen molar-refractivity contribution in [2.75, 3.05) is 0 Å². The number of carboxylic acid groups (broad SMARTS) is 3. The Labute approximate surface area is 191 Å². The number of pyridine rings is 1. The first-order valence-electron chi connectivity index (χ1n) is 9.61. The highest BCUT2D eigenvalue weighted by molar-refractivity contribution is 5.88. The lowest BCUT2D eigenvalue weighted by atomic mass is 10.2. The van der Waals surface area contributed by atoms with Crippen molar-refractivity contribution < 1.29 is 29.7 Å². The van der Waals surface area contributed by atoms with Crippen LogP contribution in [-0.2, 0) is 0 Å². The minimum absolute atomic E-state index is 0.331. The van der Waals surface area contributed by atoms with Crippen LogP contribution in [0.2, 0.25) is 0 Å². The van der Waals surface area contributed by atoms with Gasteiger partial charge >= 0.3 is 17.9 Å². The van der Waals surface area contributed by atoms with E-state index in [0.29, 0.717) is 16.7 Å². The summed E-state index contributed by atoms with van der Waals surface area (Å²) in [5, 5.41) is 25.2. The van der Waals surface area contributed by atoms with Crippen molar-refractivity contribution in [3.05, 3.63) is 138 Å². The third kappa shape index (κ3) is 12.5. The van der Waals surface area contributed by atoms with E-state index in [1.807, 2.05) is 18.2 Å². The van der Waals surface area contributed by atoms with Crippen LogP contribution in [0.3, 0.4) is 0 Å². The zero-order chi connectivity index (χ0) is 24.3. The molecule has 0 radical (unpaired) electrons. The number of benzene rings is 3. The molecule has 0 fully saturated rings. The Morgan fingerprint density at radius 1 is 0.424 bits per heavy atom. The highest BCUT2D eigenvalue weighted by Crippen LogP contribution is 1.97. The molecule has 168 valence electrons. The van der Waals surface area contributed by atoms with Crippen molar-refractivity contribution in [3.63, 3.8) is 0 Å². The van der Waals surface area contributed by atoms with Gasteiger partial charge in [0, 0.05) is 12.4 Å². The molecule has 0 aliphatic carbocycles. The lowest BCUT2D eigenvalue weighted by molar-refractivity contribution is 0.0686. The van der Waals surface area contributed by atoms with E-state index in [2.05, 4.69) is 4.98 Å². The Kier molecular flexibility index (Phi) is 12.7. The molecule has 1 aromatic heterocycles. The van der Waals surface area contributed by atoms with Gasteiger partial charge in [0.15, 0.2) is 0 Å². The largest absolute Gasteiger partial charge is 0.478 e. The Hall–Kier alpha value is -4.78. The summed E-state index contributed by atoms with van der Waals surface area (Å²) in [6.45, 7) is 0. The molecule has 33 heavy (non-hydrogen) atoms. The summed E-state index contributed by atoms with van der Waals surface area (Å²) in [5.74, 6) is -2.64. The van der Waals surface area contributed by atoms with Gasteiger partial charge in [0.2, 0.25) is 0 Å². The normalized spacial score (nSPS) is 8.73. The van der Waals surface area contributed by atoms with Crippen molar-refractivity contribution in [1.82, 2.24) is 4.98 Å². The first kappa shape index (κ1) is 26.3. The van der Waals surface area contributed by atoms with Crippen molar-refractivity contribution in [2.45, 2.75) is 0 Å². The average molecular weight is 445 g/mol. The molecule has 4 rings (SSSR count). The summed E-state index contributed by atoms with van der Waals surface area (Å²) in [6.07, 6.45) is 3.50. The quantitative estimate of drug-likeness (QED) is 0.394. The molecule has 3 N–H and O–H groups in total. The van der Waals surface area contributed by atoms with Gasteiger partial charge in [-0.2, -0.15) is 0 Å². The van der Waals surface area contributed by atoms with Gasteiger partial charge in [0.1, 0.15) is 0 Å². The van der Waals surface area contributed by atoms with E-state index in [0.717, 1.165) is 0 Å². The van der Waals surface area contributed by atoms with Crippen LogP contribution in [0.15, 0.2) is 122 Å². The number of aromatic carboxylic acids is 3. The van der Waals surface area contributed by atoms with Gasteiger partial charge in [0.05, 0.1) is 16.7 Å². The monoisotopic (exact) mass is 445 g/mol. The van der Waals surface area contributed by atoms with Gasteiger partial charge in [-0.3, -0.25) is 4.98 Å². The maximum absolute atomic E-state index is 10.2. The number of hydrogen-bond acceptors (Lipinski definition) is 4. The zero-order valence-corrected chi connectivity index (χ0v) is 17.6. The van der Waals surface area contributed by atoms with Crippen molar-refractivity contribution in [1.29, 1.82) is 0 Å². The van der Waals surface area contributed by atoms with E-state index >= 15 is 0 Å². The van der Waals surface area contributed by atoms with E-state index in [1.54, 1.807) is 103 Å². The second kappa shape index (κ2) is 16.0. The van der Waals surface area contributed by atoms with Gasteiger partial charge in [0.25, 0.3) is 0 Å². The van der Waals surface area contributed by atoms with E-state index in [1.165, 1.54) is 0 Å². The Morgan fingerprint density at radius 3 is 0.788 bits per heavy atom. The number of carboxylic acids is 3. The van der Waals surface area contributed by atoms with E-state index in [-0.39, 0.29) is 0 Å². The Bertz CT molecular complexity index is 928. The molecule has 0 aliphatic heterocycles. The minimum Gasteiger partial charge on any atom is -0.478 e. The number of rotatable bonds is 3. The molecule has 0 saturated heterocycles. The fraction of sp³-hybridized carbons (Fsp3) is 0. The molecule has 7 heteroatoms. The number of carbonyl (C=O) groups is 3. The molecular weight excluding hydrogens is 422 g/mol. The number of nitrogens with zero attached hydrogens (tertiary/aromatic N) is 1. The van der Waals surface area contributed by atoms with E-state index in [9.17, 15) is 14.4 Å². The van der Waals surface area contributed by atoms with Crippen molar-refractivity contribution in [2.24, 2.45) is 0 Å². The molecule has 0 spiro atoms. The molecular formula is C26H23NO6. The summed E-state index contributed by atoms with van der Waals surface area (Å²) in [5.41, 5.74) is 0.993. The van der Waals surface area contributed by atoms with Crippen LogP contribution >= 0.6 is 0 Å². The molecule has 0 unspecified atom stereocenters. The molecule has 3 aromatic carbocycles. The fourth-order valence-electron chi connectivity index (χ4n) is 2.05. The van der Waals surface area contributed by atoms with Crippen LogP contribution < -0.4 is 0 Å². The van der Waals surface area contributed by atoms with E-state index < -0.39 is 17.9 Å². The summed E-state index contributed by atoms with van der Waals surface area (Å²) in [6, 6.07) is 30.6. The Morgan fingerprint density at radius 2 is 0.667 bits per heavy atom. The molecule has 0 amide bonds. The van der Waals surface area contributed by atoms with Gasteiger partial charge in [-0.05, 0) is 48.5 Å². The molecule has 0 bridgehead atoms. The van der Waals surface area contributed by atoms with E-state index in [4.69, 9.17) is 15.3 Å². The minimum atomic E-state index is -0.879. The zero-order valence-electron chi connectivity index (χ0n) is 17.6. The molecule has 0 aliphatic rings. The van der Waals surface area contributed by atoms with Gasteiger partial charge < -0.3 is 15.3 Å². The third-order valence-electron chi connectivity index (χ3n) is 3.63. The molecule has 1 heterocycles. The topological polar surface area (TPSA) is 125 Å². The predicted octanol–water partition coefficient (Wildman–Crippen LogP) is 5.24. The van der Waals surface area contributed by atoms with Gasteiger partial charge in [-0.1, -0.05) is 60.7 Å². The average Bonchev–Trinajstić information content (AvgIpc) is 2.88. The summed E-state index contributed by atoms with van der Waals surface area (Å²) >= 11 is 0. The lowest BCUT2D eigenvalue weighted by Gasteiger charge is -1.88. The summed E-state index contributed by atoms with van der Waals surface area (Å²) < 4.78 is 0. The fourth-order valence-corrected chi connectivity index (χ4v) is 2.05. The maximum atomic E-state index is 10.2. The van der Waals surface area contributed by atoms with Crippen LogP contribution in [0, 0.1) is 0 Å². The Balaban J connectivity index is 0.000000222. The smallest absolute Gasteiger partial charge is 0.335 e.